The zero-order valence-electron chi connectivity index (χ0n) is 7.39. The highest BCUT2D eigenvalue weighted by Gasteiger charge is 2.36. The van der Waals surface area contributed by atoms with Gasteiger partial charge in [0, 0.05) is 12.1 Å². The number of rotatable bonds is 0. The van der Waals surface area contributed by atoms with Crippen molar-refractivity contribution in [2.75, 3.05) is 0 Å². The molecule has 0 aromatic carbocycles. The van der Waals surface area contributed by atoms with E-state index < -0.39 is 0 Å². The topological polar surface area (TPSA) is 52.2 Å². The van der Waals surface area contributed by atoms with Gasteiger partial charge in [-0.15, -0.1) is 0 Å². The van der Waals surface area contributed by atoms with Crippen LogP contribution in [0.1, 0.15) is 27.2 Å². The quantitative estimate of drug-likeness (QED) is 0.515. The van der Waals surface area contributed by atoms with Gasteiger partial charge in [0.1, 0.15) is 0 Å². The van der Waals surface area contributed by atoms with Crippen LogP contribution in [0.25, 0.3) is 0 Å². The Kier molecular flexibility index (Phi) is 1.94. The Balaban J connectivity index is 2.85. The molecule has 0 bridgehead atoms. The number of hydrogen-bond acceptors (Lipinski definition) is 2. The van der Waals surface area contributed by atoms with Crippen LogP contribution in [0.4, 0.5) is 0 Å². The molecule has 4 N–H and O–H groups in total. The molecular formula is C8H17N2O+. The molecule has 0 saturated heterocycles. The van der Waals surface area contributed by atoms with Crippen molar-refractivity contribution < 1.29 is 5.21 Å². The van der Waals surface area contributed by atoms with E-state index in [9.17, 15) is 0 Å². The van der Waals surface area contributed by atoms with Gasteiger partial charge in [0.15, 0.2) is 0 Å². The largest absolute Gasteiger partial charge is 0.402 e. The minimum atomic E-state index is -0.113. The molecule has 0 aromatic heterocycles. The highest BCUT2D eigenvalue weighted by molar-refractivity contribution is 5.11. The molecule has 1 atom stereocenters. The van der Waals surface area contributed by atoms with E-state index in [1.165, 1.54) is 0 Å². The van der Waals surface area contributed by atoms with Crippen LogP contribution in [-0.2, 0) is 0 Å². The summed E-state index contributed by atoms with van der Waals surface area (Å²) >= 11 is 0. The number of nitrogens with two attached hydrogens (primary N) is 1. The van der Waals surface area contributed by atoms with Crippen LogP contribution in [0.3, 0.4) is 0 Å². The Hall–Kier alpha value is -0.540. The summed E-state index contributed by atoms with van der Waals surface area (Å²) in [7, 11) is 0. The van der Waals surface area contributed by atoms with E-state index in [2.05, 4.69) is 0 Å². The molecule has 0 aliphatic carbocycles. The van der Waals surface area contributed by atoms with Gasteiger partial charge >= 0.3 is 0 Å². The summed E-state index contributed by atoms with van der Waals surface area (Å²) < 4.78 is 0. The average molecular weight is 157 g/mol. The Bertz CT molecular complexity index is 187. The van der Waals surface area contributed by atoms with Gasteiger partial charge in [-0.2, -0.15) is 0 Å². The molecule has 64 valence electrons. The Morgan fingerprint density at radius 1 is 1.73 bits per heavy atom. The van der Waals surface area contributed by atoms with Crippen molar-refractivity contribution in [3.63, 3.8) is 0 Å². The molecule has 0 aromatic rings. The Labute approximate surface area is 67.4 Å². The van der Waals surface area contributed by atoms with E-state index in [-0.39, 0.29) is 11.6 Å². The summed E-state index contributed by atoms with van der Waals surface area (Å²) in [5.41, 5.74) is 6.51. The Morgan fingerprint density at radius 3 is 2.73 bits per heavy atom. The van der Waals surface area contributed by atoms with Crippen molar-refractivity contribution in [2.24, 2.45) is 5.73 Å². The predicted octanol–water partition coefficient (Wildman–Crippen LogP) is 0.341. The number of nitrogens with zero attached hydrogens (tertiary/aromatic N) is 1. The maximum atomic E-state index is 7.70. The standard InChI is InChI=1S/C8H16N2O/c1-6-4-7(9)5-8(2,3)10(6)11/h4,6,11H,5,9H2,1-3H3/p+1. The molecule has 1 rings (SSSR count). The SMILES string of the molecule is CC1C=C(N)CC(C)(C)N1[OH2+]. The van der Waals surface area contributed by atoms with Crippen LogP contribution in [-0.4, -0.2) is 21.9 Å². The van der Waals surface area contributed by atoms with Gasteiger partial charge in [-0.25, -0.2) is 0 Å². The summed E-state index contributed by atoms with van der Waals surface area (Å²) in [6.45, 7) is 6.06. The Morgan fingerprint density at radius 2 is 2.27 bits per heavy atom. The molecule has 1 unspecified atom stereocenters. The van der Waals surface area contributed by atoms with Gasteiger partial charge in [0.05, 0.1) is 11.6 Å². The summed E-state index contributed by atoms with van der Waals surface area (Å²) in [6.07, 6.45) is 2.74. The molecule has 0 amide bonds. The summed E-state index contributed by atoms with van der Waals surface area (Å²) in [5, 5.41) is 9.30. The van der Waals surface area contributed by atoms with Crippen LogP contribution in [0.15, 0.2) is 11.8 Å². The van der Waals surface area contributed by atoms with Crippen LogP contribution in [0, 0.1) is 0 Å². The maximum Gasteiger partial charge on any atom is 0.0954 e. The fourth-order valence-corrected chi connectivity index (χ4v) is 1.58. The summed E-state index contributed by atoms with van der Waals surface area (Å²) in [6, 6.07) is 0.138. The average Bonchev–Trinajstić information content (AvgIpc) is 1.81. The van der Waals surface area contributed by atoms with Crippen molar-refractivity contribution >= 4 is 0 Å². The first-order valence-electron chi connectivity index (χ1n) is 3.90. The van der Waals surface area contributed by atoms with Gasteiger partial charge in [-0.1, -0.05) is 5.06 Å². The molecule has 0 spiro atoms. The van der Waals surface area contributed by atoms with Crippen LogP contribution < -0.4 is 5.73 Å². The van der Waals surface area contributed by atoms with Gasteiger partial charge < -0.3 is 10.9 Å². The zero-order valence-corrected chi connectivity index (χ0v) is 7.39. The van der Waals surface area contributed by atoms with Crippen molar-refractivity contribution in [1.29, 1.82) is 0 Å². The first kappa shape index (κ1) is 8.56. The first-order chi connectivity index (χ1) is 4.93. The van der Waals surface area contributed by atoms with Crippen LogP contribution >= 0.6 is 0 Å². The molecule has 1 aliphatic heterocycles. The second kappa shape index (κ2) is 2.50. The minimum Gasteiger partial charge on any atom is -0.402 e. The fourth-order valence-electron chi connectivity index (χ4n) is 1.58. The lowest BCUT2D eigenvalue weighted by atomic mass is 9.92. The van der Waals surface area contributed by atoms with Crippen molar-refractivity contribution in [1.82, 2.24) is 5.06 Å². The maximum absolute atomic E-state index is 7.70. The van der Waals surface area contributed by atoms with Gasteiger partial charge in [0.25, 0.3) is 0 Å². The van der Waals surface area contributed by atoms with Gasteiger partial charge in [-0.05, 0) is 26.8 Å². The van der Waals surface area contributed by atoms with Gasteiger partial charge in [0.2, 0.25) is 0 Å². The van der Waals surface area contributed by atoms with Gasteiger partial charge in [-0.3, -0.25) is 0 Å². The second-order valence-electron chi connectivity index (χ2n) is 3.84. The molecule has 3 nitrogen and oxygen atoms in total. The second-order valence-corrected chi connectivity index (χ2v) is 3.84. The third kappa shape index (κ3) is 1.54. The van der Waals surface area contributed by atoms with E-state index in [1.54, 1.807) is 5.06 Å². The van der Waals surface area contributed by atoms with E-state index >= 15 is 0 Å². The van der Waals surface area contributed by atoms with E-state index in [0.717, 1.165) is 12.1 Å². The number of hydroxylamine groups is 2. The molecule has 1 aliphatic rings. The molecule has 0 saturated carbocycles. The minimum absolute atomic E-state index is 0.113. The zero-order chi connectivity index (χ0) is 8.65. The lowest BCUT2D eigenvalue weighted by Gasteiger charge is -2.36. The third-order valence-corrected chi connectivity index (χ3v) is 2.15. The summed E-state index contributed by atoms with van der Waals surface area (Å²) in [5.74, 6) is 0. The monoisotopic (exact) mass is 157 g/mol. The van der Waals surface area contributed by atoms with E-state index in [0.29, 0.717) is 0 Å². The molecule has 0 radical (unpaired) electrons. The van der Waals surface area contributed by atoms with Crippen molar-refractivity contribution in [2.45, 2.75) is 38.8 Å². The molecule has 1 heterocycles. The molecular weight excluding hydrogens is 140 g/mol. The smallest absolute Gasteiger partial charge is 0.0954 e. The highest BCUT2D eigenvalue weighted by Crippen LogP contribution is 2.26. The molecule has 0 fully saturated rings. The lowest BCUT2D eigenvalue weighted by molar-refractivity contribution is -0.182. The van der Waals surface area contributed by atoms with Crippen molar-refractivity contribution in [3.05, 3.63) is 11.8 Å². The molecule has 11 heavy (non-hydrogen) atoms. The highest BCUT2D eigenvalue weighted by atomic mass is 16.5. The molecule has 3 heteroatoms. The van der Waals surface area contributed by atoms with E-state index in [1.807, 2.05) is 26.8 Å². The fraction of sp³-hybridized carbons (Fsp3) is 0.750. The normalized spacial score (nSPS) is 31.6. The first-order valence-corrected chi connectivity index (χ1v) is 3.90. The third-order valence-electron chi connectivity index (χ3n) is 2.15. The summed E-state index contributed by atoms with van der Waals surface area (Å²) in [4.78, 5) is 0. The van der Waals surface area contributed by atoms with Crippen molar-refractivity contribution in [3.8, 4) is 0 Å². The van der Waals surface area contributed by atoms with Crippen LogP contribution in [0.5, 0.6) is 0 Å². The van der Waals surface area contributed by atoms with E-state index in [4.69, 9.17) is 10.9 Å². The predicted molar refractivity (Wildman–Crippen MR) is 45.9 cm³/mol. The lowest BCUT2D eigenvalue weighted by Crippen LogP contribution is -2.49. The van der Waals surface area contributed by atoms with Crippen LogP contribution in [0.2, 0.25) is 0 Å². The number of hydrogen-bond donors (Lipinski definition) is 1.